The van der Waals surface area contributed by atoms with Gasteiger partial charge in [-0.25, -0.2) is 0 Å². The largest absolute Gasteiger partial charge is 0.417 e. The van der Waals surface area contributed by atoms with Crippen LogP contribution in [0, 0.1) is 0 Å². The van der Waals surface area contributed by atoms with E-state index >= 15 is 0 Å². The Bertz CT molecular complexity index is 1770. The predicted molar refractivity (Wildman–Crippen MR) is 154 cm³/mol. The molecule has 1 unspecified atom stereocenters. The van der Waals surface area contributed by atoms with E-state index < -0.39 is 75.2 Å². The molecule has 0 spiro atoms. The van der Waals surface area contributed by atoms with Crippen LogP contribution in [-0.2, 0) is 17.8 Å². The molecular formula is C33H30F6N2O4. The van der Waals surface area contributed by atoms with Crippen LogP contribution in [0.4, 0.5) is 32.0 Å². The second kappa shape index (κ2) is 10.2. The fraction of sp³-hybridized carbons (Fsp3) is 0.364. The highest BCUT2D eigenvalue weighted by Gasteiger charge is 2.47. The first-order chi connectivity index (χ1) is 20.6. The topological polar surface area (TPSA) is 77.9 Å². The number of carbonyl (C=O) groups is 3. The van der Waals surface area contributed by atoms with Crippen LogP contribution in [-0.4, -0.2) is 33.3 Å². The molecule has 0 saturated carbocycles. The van der Waals surface area contributed by atoms with Gasteiger partial charge in [-0.05, 0) is 79.6 Å². The van der Waals surface area contributed by atoms with Crippen molar-refractivity contribution >= 4 is 23.4 Å². The van der Waals surface area contributed by atoms with Crippen molar-refractivity contribution in [3.8, 4) is 11.1 Å². The van der Waals surface area contributed by atoms with Crippen molar-refractivity contribution in [2.45, 2.75) is 77.5 Å². The van der Waals surface area contributed by atoms with Gasteiger partial charge >= 0.3 is 12.4 Å². The fourth-order valence-electron chi connectivity index (χ4n) is 5.74. The molecule has 45 heavy (non-hydrogen) atoms. The minimum Gasteiger partial charge on any atom is -0.369 e. The Kier molecular flexibility index (Phi) is 7.27. The number of hydrogen-bond donors (Lipinski definition) is 1. The van der Waals surface area contributed by atoms with E-state index in [9.17, 15) is 45.8 Å². The van der Waals surface area contributed by atoms with Gasteiger partial charge in [0.15, 0.2) is 6.23 Å². The summed E-state index contributed by atoms with van der Waals surface area (Å²) in [5, 5.41) is 11.1. The van der Waals surface area contributed by atoms with E-state index in [1.807, 2.05) is 0 Å². The molecule has 1 N–H and O–H groups in total. The van der Waals surface area contributed by atoms with Gasteiger partial charge < -0.3 is 5.11 Å². The highest BCUT2D eigenvalue weighted by Crippen LogP contribution is 2.47. The number of carbonyl (C=O) groups excluding carboxylic acids is 3. The van der Waals surface area contributed by atoms with Crippen LogP contribution in [0.5, 0.6) is 0 Å². The first-order valence-electron chi connectivity index (χ1n) is 14.1. The number of halogens is 6. The van der Waals surface area contributed by atoms with Crippen LogP contribution in [0.15, 0.2) is 48.5 Å². The summed E-state index contributed by atoms with van der Waals surface area (Å²) in [6, 6.07) is 7.93. The molecule has 0 fully saturated rings. The maximum Gasteiger partial charge on any atom is 0.417 e. The summed E-state index contributed by atoms with van der Waals surface area (Å²) in [4.78, 5) is 41.2. The summed E-state index contributed by atoms with van der Waals surface area (Å²) < 4.78 is 86.1. The van der Waals surface area contributed by atoms with Gasteiger partial charge in [-0.3, -0.25) is 24.2 Å². The summed E-state index contributed by atoms with van der Waals surface area (Å²) in [5.41, 5.74) is -6.25. The third-order valence-electron chi connectivity index (χ3n) is 8.57. The SMILES string of the molecule is CCC(C)(C)c1ccc(-c2ccc(N3C(=O)c4cc5c(cc4C3O)C(=O)N(C(C)(C)C)C5=O)cc2C(F)(F)F)c(C(F)(F)F)c1. The molecule has 3 aromatic carbocycles. The van der Waals surface area contributed by atoms with Gasteiger partial charge in [-0.1, -0.05) is 39.0 Å². The lowest BCUT2D eigenvalue weighted by Gasteiger charge is -2.29. The standard InChI is InChI=1S/C33H30F6N2O4/c1-7-31(5,6)16-8-10-18(24(12-16)32(34,35)36)19-11-9-17(13-25(19)33(37,38)39)40-26(42)20-14-22-23(15-21(20)27(40)43)29(45)41(28(22)44)30(2,3)4/h8-15,26,42H,7H2,1-6H3. The van der Waals surface area contributed by atoms with Gasteiger partial charge in [0.2, 0.25) is 0 Å². The zero-order chi connectivity index (χ0) is 33.6. The molecule has 238 valence electrons. The molecule has 2 heterocycles. The van der Waals surface area contributed by atoms with Gasteiger partial charge in [-0.15, -0.1) is 0 Å². The quantitative estimate of drug-likeness (QED) is 0.233. The van der Waals surface area contributed by atoms with Gasteiger partial charge in [0.05, 0.1) is 22.3 Å². The van der Waals surface area contributed by atoms with Crippen molar-refractivity contribution in [3.63, 3.8) is 0 Å². The van der Waals surface area contributed by atoms with E-state index in [4.69, 9.17) is 0 Å². The summed E-state index contributed by atoms with van der Waals surface area (Å²) in [5.74, 6) is -2.26. The van der Waals surface area contributed by atoms with Crippen LogP contribution in [0.3, 0.4) is 0 Å². The van der Waals surface area contributed by atoms with E-state index in [0.29, 0.717) is 23.0 Å². The lowest BCUT2D eigenvalue weighted by Crippen LogP contribution is -2.45. The summed E-state index contributed by atoms with van der Waals surface area (Å²) in [6.07, 6.45) is -11.5. The number of fused-ring (bicyclic) bond motifs is 2. The van der Waals surface area contributed by atoms with Crippen LogP contribution in [0.1, 0.15) is 108 Å². The Morgan fingerprint density at radius 1 is 0.667 bits per heavy atom. The third-order valence-corrected chi connectivity index (χ3v) is 8.57. The fourth-order valence-corrected chi connectivity index (χ4v) is 5.74. The van der Waals surface area contributed by atoms with Crippen molar-refractivity contribution in [1.82, 2.24) is 4.90 Å². The minimum atomic E-state index is -5.15. The molecule has 0 aliphatic carbocycles. The maximum absolute atomic E-state index is 14.5. The second-order valence-electron chi connectivity index (χ2n) is 12.9. The number of anilines is 1. The summed E-state index contributed by atoms with van der Waals surface area (Å²) in [7, 11) is 0. The molecule has 3 amide bonds. The Morgan fingerprint density at radius 2 is 1.18 bits per heavy atom. The van der Waals surface area contributed by atoms with Crippen LogP contribution >= 0.6 is 0 Å². The number of aliphatic hydroxyl groups excluding tert-OH is 1. The maximum atomic E-state index is 14.5. The van der Waals surface area contributed by atoms with Crippen molar-refractivity contribution in [2.24, 2.45) is 0 Å². The number of aliphatic hydroxyl groups is 1. The molecule has 0 bridgehead atoms. The number of alkyl halides is 6. The predicted octanol–water partition coefficient (Wildman–Crippen LogP) is 8.12. The van der Waals surface area contributed by atoms with Crippen LogP contribution in [0.25, 0.3) is 11.1 Å². The zero-order valence-electron chi connectivity index (χ0n) is 25.2. The number of benzene rings is 3. The zero-order valence-corrected chi connectivity index (χ0v) is 25.2. The molecule has 2 aliphatic rings. The molecule has 0 aromatic heterocycles. The van der Waals surface area contributed by atoms with Crippen molar-refractivity contribution < 1.29 is 45.8 Å². The molecule has 5 rings (SSSR count). The average Bonchev–Trinajstić information content (AvgIpc) is 3.33. The highest BCUT2D eigenvalue weighted by molar-refractivity contribution is 6.23. The molecule has 0 radical (unpaired) electrons. The van der Waals surface area contributed by atoms with E-state index in [1.54, 1.807) is 41.5 Å². The number of nitrogens with zero attached hydrogens (tertiary/aromatic N) is 2. The number of amides is 3. The average molecular weight is 633 g/mol. The Labute approximate surface area is 255 Å². The minimum absolute atomic E-state index is 0.0666. The number of hydrogen-bond acceptors (Lipinski definition) is 4. The lowest BCUT2D eigenvalue weighted by atomic mass is 9.80. The van der Waals surface area contributed by atoms with E-state index in [-0.39, 0.29) is 22.3 Å². The second-order valence-corrected chi connectivity index (χ2v) is 12.9. The van der Waals surface area contributed by atoms with Gasteiger partial charge in [0.25, 0.3) is 17.7 Å². The van der Waals surface area contributed by atoms with Gasteiger partial charge in [0.1, 0.15) is 0 Å². The van der Waals surface area contributed by atoms with E-state index in [1.165, 1.54) is 12.1 Å². The molecule has 1 atom stereocenters. The normalized spacial score (nSPS) is 17.4. The van der Waals surface area contributed by atoms with E-state index in [0.717, 1.165) is 35.2 Å². The van der Waals surface area contributed by atoms with Gasteiger partial charge in [0, 0.05) is 22.4 Å². The summed E-state index contributed by atoms with van der Waals surface area (Å²) in [6.45, 7) is 10.2. The first-order valence-corrected chi connectivity index (χ1v) is 14.1. The number of imide groups is 1. The Morgan fingerprint density at radius 3 is 1.69 bits per heavy atom. The third kappa shape index (κ3) is 5.18. The molecule has 12 heteroatoms. The lowest BCUT2D eigenvalue weighted by molar-refractivity contribution is -0.139. The van der Waals surface area contributed by atoms with Crippen molar-refractivity contribution in [3.05, 3.63) is 87.5 Å². The van der Waals surface area contributed by atoms with Crippen molar-refractivity contribution in [2.75, 3.05) is 4.90 Å². The van der Waals surface area contributed by atoms with Gasteiger partial charge in [-0.2, -0.15) is 26.3 Å². The molecule has 3 aromatic rings. The molecule has 0 saturated heterocycles. The van der Waals surface area contributed by atoms with Crippen LogP contribution < -0.4 is 4.90 Å². The molecule has 6 nitrogen and oxygen atoms in total. The molecule has 2 aliphatic heterocycles. The smallest absolute Gasteiger partial charge is 0.369 e. The van der Waals surface area contributed by atoms with Crippen molar-refractivity contribution in [1.29, 1.82) is 0 Å². The first kappa shape index (κ1) is 32.2. The Hall–Kier alpha value is -4.19. The monoisotopic (exact) mass is 632 g/mol. The van der Waals surface area contributed by atoms with Crippen LogP contribution in [0.2, 0.25) is 0 Å². The Balaban J connectivity index is 1.61. The number of rotatable bonds is 4. The highest BCUT2D eigenvalue weighted by atomic mass is 19.4. The van der Waals surface area contributed by atoms with E-state index in [2.05, 4.69) is 0 Å². The summed E-state index contributed by atoms with van der Waals surface area (Å²) >= 11 is 0. The molecular weight excluding hydrogens is 602 g/mol.